The fourth-order valence-corrected chi connectivity index (χ4v) is 2.97. The average Bonchev–Trinajstić information content (AvgIpc) is 2.30. The largest absolute Gasteiger partial charge is 0.369 e. The average molecular weight is 315 g/mol. The summed E-state index contributed by atoms with van der Waals surface area (Å²) in [4.78, 5) is 2.07. The van der Waals surface area contributed by atoms with Gasteiger partial charge in [0.05, 0.1) is 5.69 Å². The maximum absolute atomic E-state index is 13.9. The molecule has 0 amide bonds. The molecule has 0 aromatic heterocycles. The predicted molar refractivity (Wildman–Crippen MR) is 77.6 cm³/mol. The van der Waals surface area contributed by atoms with Gasteiger partial charge in [-0.1, -0.05) is 15.9 Å². The molecule has 1 aromatic carbocycles. The summed E-state index contributed by atoms with van der Waals surface area (Å²) in [5.41, 5.74) is 0.798. The van der Waals surface area contributed by atoms with Gasteiger partial charge in [-0.15, -0.1) is 0 Å². The molecule has 0 saturated carbocycles. The molecule has 1 atom stereocenters. The number of piperidine rings is 1. The lowest BCUT2D eigenvalue weighted by Crippen LogP contribution is -2.52. The number of nitrogens with zero attached hydrogens (tertiary/aromatic N) is 1. The van der Waals surface area contributed by atoms with E-state index in [4.69, 9.17) is 0 Å². The summed E-state index contributed by atoms with van der Waals surface area (Å²) < 4.78 is 14.8. The van der Waals surface area contributed by atoms with Crippen LogP contribution in [0.4, 0.5) is 10.1 Å². The van der Waals surface area contributed by atoms with Gasteiger partial charge in [-0.25, -0.2) is 4.39 Å². The van der Waals surface area contributed by atoms with Crippen LogP contribution >= 0.6 is 15.9 Å². The van der Waals surface area contributed by atoms with Crippen LogP contribution in [0.25, 0.3) is 0 Å². The van der Waals surface area contributed by atoms with Crippen molar-refractivity contribution >= 4 is 21.6 Å². The molecular formula is C14H20BrFN2. The van der Waals surface area contributed by atoms with Gasteiger partial charge in [0.25, 0.3) is 0 Å². The van der Waals surface area contributed by atoms with Crippen LogP contribution in [0.15, 0.2) is 22.7 Å². The summed E-state index contributed by atoms with van der Waals surface area (Å²) in [5.74, 6) is -0.156. The molecule has 100 valence electrons. The third-order valence-corrected chi connectivity index (χ3v) is 4.16. The first kappa shape index (κ1) is 13.8. The Morgan fingerprint density at radius 2 is 2.17 bits per heavy atom. The fourth-order valence-electron chi connectivity index (χ4n) is 2.62. The standard InChI is InChI=1S/C14H20BrFN2/c1-14(2)9-11(6-7-17-14)18(3)13-8-10(15)4-5-12(13)16/h4-5,8,11,17H,6-7,9H2,1-3H3. The number of hydrogen-bond acceptors (Lipinski definition) is 2. The first-order valence-corrected chi connectivity index (χ1v) is 7.11. The Hall–Kier alpha value is -0.610. The minimum atomic E-state index is -0.156. The van der Waals surface area contributed by atoms with Crippen LogP contribution in [-0.4, -0.2) is 25.2 Å². The lowest BCUT2D eigenvalue weighted by molar-refractivity contribution is 0.271. The number of rotatable bonds is 2. The van der Waals surface area contributed by atoms with E-state index in [-0.39, 0.29) is 11.4 Å². The van der Waals surface area contributed by atoms with E-state index in [0.29, 0.717) is 11.7 Å². The highest BCUT2D eigenvalue weighted by atomic mass is 79.9. The maximum atomic E-state index is 13.9. The highest BCUT2D eigenvalue weighted by Gasteiger charge is 2.30. The van der Waals surface area contributed by atoms with Crippen LogP contribution in [0.1, 0.15) is 26.7 Å². The van der Waals surface area contributed by atoms with E-state index in [0.717, 1.165) is 23.9 Å². The van der Waals surface area contributed by atoms with Gasteiger partial charge in [0.15, 0.2) is 0 Å². The SMILES string of the molecule is CN(c1cc(Br)ccc1F)C1CCNC(C)(C)C1. The molecule has 1 aliphatic rings. The van der Waals surface area contributed by atoms with Crippen LogP contribution in [0.2, 0.25) is 0 Å². The van der Waals surface area contributed by atoms with Crippen molar-refractivity contribution in [3.63, 3.8) is 0 Å². The van der Waals surface area contributed by atoms with Gasteiger partial charge < -0.3 is 10.2 Å². The molecule has 1 aliphatic heterocycles. The van der Waals surface area contributed by atoms with Crippen LogP contribution in [0.5, 0.6) is 0 Å². The zero-order valence-corrected chi connectivity index (χ0v) is 12.7. The molecule has 1 aromatic rings. The van der Waals surface area contributed by atoms with E-state index in [1.54, 1.807) is 6.07 Å². The lowest BCUT2D eigenvalue weighted by Gasteiger charge is -2.41. The van der Waals surface area contributed by atoms with Gasteiger partial charge in [0.1, 0.15) is 5.82 Å². The quantitative estimate of drug-likeness (QED) is 0.898. The van der Waals surface area contributed by atoms with Crippen molar-refractivity contribution in [1.29, 1.82) is 0 Å². The van der Waals surface area contributed by atoms with Gasteiger partial charge in [0, 0.05) is 23.1 Å². The second-order valence-electron chi connectivity index (χ2n) is 5.66. The number of hydrogen-bond donors (Lipinski definition) is 1. The first-order chi connectivity index (χ1) is 8.39. The Morgan fingerprint density at radius 3 is 2.83 bits per heavy atom. The molecular weight excluding hydrogens is 295 g/mol. The molecule has 1 saturated heterocycles. The minimum absolute atomic E-state index is 0.125. The molecule has 0 aliphatic carbocycles. The maximum Gasteiger partial charge on any atom is 0.146 e. The molecule has 1 fully saturated rings. The van der Waals surface area contributed by atoms with Crippen LogP contribution in [-0.2, 0) is 0 Å². The van der Waals surface area contributed by atoms with Gasteiger partial charge in [0.2, 0.25) is 0 Å². The summed E-state index contributed by atoms with van der Waals surface area (Å²) in [6.45, 7) is 5.38. The Morgan fingerprint density at radius 1 is 1.44 bits per heavy atom. The molecule has 0 bridgehead atoms. The second kappa shape index (κ2) is 5.17. The van der Waals surface area contributed by atoms with E-state index >= 15 is 0 Å². The van der Waals surface area contributed by atoms with Crippen molar-refractivity contribution in [2.75, 3.05) is 18.5 Å². The number of nitrogens with one attached hydrogen (secondary N) is 1. The number of benzene rings is 1. The van der Waals surface area contributed by atoms with Crippen molar-refractivity contribution in [2.24, 2.45) is 0 Å². The van der Waals surface area contributed by atoms with Gasteiger partial charge in [-0.2, -0.15) is 0 Å². The molecule has 1 unspecified atom stereocenters. The van der Waals surface area contributed by atoms with E-state index < -0.39 is 0 Å². The highest BCUT2D eigenvalue weighted by Crippen LogP contribution is 2.29. The van der Waals surface area contributed by atoms with E-state index in [1.165, 1.54) is 6.07 Å². The summed E-state index contributed by atoms with van der Waals surface area (Å²) >= 11 is 3.41. The van der Waals surface area contributed by atoms with E-state index in [9.17, 15) is 4.39 Å². The summed E-state index contributed by atoms with van der Waals surface area (Å²) in [5, 5.41) is 3.49. The van der Waals surface area contributed by atoms with Crippen molar-refractivity contribution in [3.05, 3.63) is 28.5 Å². The Balaban J connectivity index is 2.20. The third kappa shape index (κ3) is 3.04. The Labute approximate surface area is 117 Å². The molecule has 2 rings (SSSR count). The number of halogens is 2. The summed E-state index contributed by atoms with van der Waals surface area (Å²) in [7, 11) is 1.98. The molecule has 1 N–H and O–H groups in total. The van der Waals surface area contributed by atoms with Crippen LogP contribution in [0, 0.1) is 5.82 Å². The molecule has 0 spiro atoms. The van der Waals surface area contributed by atoms with Crippen molar-refractivity contribution in [2.45, 2.75) is 38.3 Å². The van der Waals surface area contributed by atoms with Gasteiger partial charge in [-0.05, 0) is 51.4 Å². The van der Waals surface area contributed by atoms with Crippen molar-refractivity contribution < 1.29 is 4.39 Å². The molecule has 18 heavy (non-hydrogen) atoms. The number of anilines is 1. The zero-order chi connectivity index (χ0) is 13.3. The molecule has 0 radical (unpaired) electrons. The zero-order valence-electron chi connectivity index (χ0n) is 11.1. The Bertz CT molecular complexity index is 434. The van der Waals surface area contributed by atoms with E-state index in [1.807, 2.05) is 13.1 Å². The van der Waals surface area contributed by atoms with Gasteiger partial charge in [-0.3, -0.25) is 0 Å². The fraction of sp³-hybridized carbons (Fsp3) is 0.571. The minimum Gasteiger partial charge on any atom is -0.369 e. The Kier molecular flexibility index (Phi) is 3.97. The topological polar surface area (TPSA) is 15.3 Å². The summed E-state index contributed by atoms with van der Waals surface area (Å²) in [6, 6.07) is 5.48. The lowest BCUT2D eigenvalue weighted by atomic mass is 9.88. The third-order valence-electron chi connectivity index (χ3n) is 3.66. The van der Waals surface area contributed by atoms with Crippen LogP contribution in [0.3, 0.4) is 0 Å². The van der Waals surface area contributed by atoms with Crippen LogP contribution < -0.4 is 10.2 Å². The molecule has 4 heteroatoms. The monoisotopic (exact) mass is 314 g/mol. The molecule has 2 nitrogen and oxygen atoms in total. The predicted octanol–water partition coefficient (Wildman–Crippen LogP) is 3.56. The van der Waals surface area contributed by atoms with Gasteiger partial charge >= 0.3 is 0 Å². The van der Waals surface area contributed by atoms with Crippen molar-refractivity contribution in [3.8, 4) is 0 Å². The van der Waals surface area contributed by atoms with E-state index in [2.05, 4.69) is 40.0 Å². The molecule has 1 heterocycles. The normalized spacial score (nSPS) is 22.8. The summed E-state index contributed by atoms with van der Waals surface area (Å²) in [6.07, 6.45) is 2.07. The second-order valence-corrected chi connectivity index (χ2v) is 6.58. The first-order valence-electron chi connectivity index (χ1n) is 6.32. The smallest absolute Gasteiger partial charge is 0.146 e. The highest BCUT2D eigenvalue weighted by molar-refractivity contribution is 9.10. The van der Waals surface area contributed by atoms with Crippen molar-refractivity contribution in [1.82, 2.24) is 5.32 Å².